The van der Waals surface area contributed by atoms with Gasteiger partial charge in [0.15, 0.2) is 0 Å². The monoisotopic (exact) mass is 1070 g/mol. The molecule has 3 atom stereocenters. The highest BCUT2D eigenvalue weighted by Crippen LogP contribution is 2.43. The van der Waals surface area contributed by atoms with E-state index < -0.39 is 20.0 Å². The zero-order valence-electron chi connectivity index (χ0n) is 50.0. The largest absolute Gasteiger partial charge is 0.472 e. The number of nitrogens with zero attached hydrogens (tertiary/aromatic N) is 1. The van der Waals surface area contributed by atoms with E-state index in [1.807, 2.05) is 33.3 Å². The second kappa shape index (κ2) is 55.0. The minimum absolute atomic E-state index is 0.0320. The summed E-state index contributed by atoms with van der Waals surface area (Å²) in [5, 5.41) is 3.05. The molecule has 9 nitrogen and oxygen atoms in total. The fourth-order valence-corrected chi connectivity index (χ4v) is 9.79. The number of likely N-dealkylation sites (N-methyl/N-ethyl adjacent to an activating group) is 1. The van der Waals surface area contributed by atoms with Crippen LogP contribution in [0.25, 0.3) is 0 Å². The topological polar surface area (TPSA) is 111 Å². The lowest BCUT2D eigenvalue weighted by atomic mass is 10.0. The number of hydrogen-bond donors (Lipinski definition) is 2. The fraction of sp³-hybridized carbons (Fsp3) is 0.815. The Morgan fingerprint density at radius 2 is 0.827 bits per heavy atom. The van der Waals surface area contributed by atoms with Gasteiger partial charge in [0.2, 0.25) is 5.91 Å². The molecule has 0 aromatic rings. The molecule has 0 fully saturated rings. The van der Waals surface area contributed by atoms with Crippen molar-refractivity contribution in [3.8, 4) is 0 Å². The highest BCUT2D eigenvalue weighted by molar-refractivity contribution is 7.47. The van der Waals surface area contributed by atoms with Crippen LogP contribution < -0.4 is 5.32 Å². The van der Waals surface area contributed by atoms with E-state index in [0.717, 1.165) is 64.2 Å². The van der Waals surface area contributed by atoms with E-state index in [1.165, 1.54) is 186 Å². The van der Waals surface area contributed by atoms with Crippen molar-refractivity contribution in [2.45, 2.75) is 303 Å². The Hall–Kier alpha value is -2.29. The van der Waals surface area contributed by atoms with Crippen LogP contribution in [0.3, 0.4) is 0 Å². The Labute approximate surface area is 464 Å². The first-order valence-corrected chi connectivity index (χ1v) is 33.1. The molecular weight excluding hydrogens is 952 g/mol. The van der Waals surface area contributed by atoms with Crippen molar-refractivity contribution in [1.82, 2.24) is 5.32 Å². The van der Waals surface area contributed by atoms with E-state index in [9.17, 15) is 19.0 Å². The number of phosphoric acid groups is 1. The number of quaternary nitrogens is 1. The molecule has 0 aromatic carbocycles. The quantitative estimate of drug-likeness (QED) is 0.0205. The van der Waals surface area contributed by atoms with E-state index >= 15 is 0 Å². The van der Waals surface area contributed by atoms with Crippen molar-refractivity contribution in [3.63, 3.8) is 0 Å². The summed E-state index contributed by atoms with van der Waals surface area (Å²) < 4.78 is 30.6. The molecule has 0 aromatic heterocycles. The van der Waals surface area contributed by atoms with E-state index in [1.54, 1.807) is 0 Å². The third-order valence-electron chi connectivity index (χ3n) is 14.0. The molecule has 438 valence electrons. The average molecular weight is 1070 g/mol. The number of allylic oxidation sites excluding steroid dienone is 9. The molecule has 75 heavy (non-hydrogen) atoms. The van der Waals surface area contributed by atoms with Crippen molar-refractivity contribution < 1.29 is 37.3 Å². The highest BCUT2D eigenvalue weighted by Gasteiger charge is 2.30. The van der Waals surface area contributed by atoms with Gasteiger partial charge in [-0.1, -0.05) is 268 Å². The number of amides is 1. The summed E-state index contributed by atoms with van der Waals surface area (Å²) in [6.07, 6.45) is 69.5. The molecule has 0 aliphatic heterocycles. The van der Waals surface area contributed by atoms with Gasteiger partial charge in [-0.15, -0.1) is 0 Å². The molecule has 0 aliphatic carbocycles. The van der Waals surface area contributed by atoms with Crippen molar-refractivity contribution in [1.29, 1.82) is 0 Å². The van der Waals surface area contributed by atoms with Crippen LogP contribution >= 0.6 is 7.82 Å². The molecule has 2 N–H and O–H groups in total. The fourth-order valence-electron chi connectivity index (χ4n) is 9.05. The minimum Gasteiger partial charge on any atom is -0.456 e. The number of carbonyl (C=O) groups is 2. The van der Waals surface area contributed by atoms with Crippen LogP contribution in [0, 0.1) is 0 Å². The molecular formula is C65H122N2O7P+. The number of carbonyl (C=O) groups excluding carboxylic acids is 2. The van der Waals surface area contributed by atoms with Crippen LogP contribution in [0.5, 0.6) is 0 Å². The number of hydrogen-bond acceptors (Lipinski definition) is 6. The number of phosphoric ester groups is 1. The van der Waals surface area contributed by atoms with Crippen molar-refractivity contribution in [3.05, 3.63) is 60.8 Å². The summed E-state index contributed by atoms with van der Waals surface area (Å²) in [6, 6.07) is -0.869. The van der Waals surface area contributed by atoms with Gasteiger partial charge in [-0.25, -0.2) is 4.57 Å². The lowest BCUT2D eigenvalue weighted by Gasteiger charge is -2.27. The van der Waals surface area contributed by atoms with Gasteiger partial charge in [-0.05, 0) is 70.3 Å². The summed E-state index contributed by atoms with van der Waals surface area (Å²) in [4.78, 5) is 37.7. The van der Waals surface area contributed by atoms with Crippen molar-refractivity contribution in [2.75, 3.05) is 40.9 Å². The van der Waals surface area contributed by atoms with E-state index in [2.05, 4.69) is 74.7 Å². The van der Waals surface area contributed by atoms with Gasteiger partial charge in [0.1, 0.15) is 19.3 Å². The standard InChI is InChI=1S/C65H121N2O7P/c1-7-10-13-16-19-22-25-27-29-31-32-33-34-36-37-39-42-45-48-51-54-57-64(68)66-62(61-73-75(70,71)72-60-59-67(4,5)6)63(56-53-50-47-44-41-24-21-18-15-12-9-3)74-65(69)58-55-52-49-46-43-40-38-35-30-28-26-23-20-17-14-11-8-2/h20,23,28,30,38,40,46,49,53,56,62-63H,7-19,21-22,24-27,29,31-37,39,41-45,47-48,50-52,54-55,57-61H2,1-6H3,(H-,66,68,70,71)/p+1/b23-20-,30-28-,40-38-,49-46-,56-53+. The first kappa shape index (κ1) is 72.7. The maximum Gasteiger partial charge on any atom is 0.472 e. The van der Waals surface area contributed by atoms with Crippen LogP contribution in [-0.2, 0) is 27.9 Å². The zero-order chi connectivity index (χ0) is 55.0. The summed E-state index contributed by atoms with van der Waals surface area (Å²) in [5.41, 5.74) is 0. The first-order valence-electron chi connectivity index (χ1n) is 31.6. The number of rotatable bonds is 57. The SMILES string of the molecule is CCCCC/C=C\C/C=C\C/C=C\C/C=C\CCCC(=O)OC(/C=C/CCCCCCCCCCC)C(COP(=O)(O)OCC[N+](C)(C)C)NC(=O)CCCCCCCCCCCCCCCCCCCCCCC. The Kier molecular flexibility index (Phi) is 53.4. The molecule has 0 saturated carbocycles. The lowest BCUT2D eigenvalue weighted by molar-refractivity contribution is -0.870. The van der Waals surface area contributed by atoms with Gasteiger partial charge in [0, 0.05) is 12.8 Å². The Balaban J connectivity index is 5.23. The Morgan fingerprint density at radius 3 is 1.27 bits per heavy atom. The van der Waals surface area contributed by atoms with Gasteiger partial charge >= 0.3 is 13.8 Å². The molecule has 0 radical (unpaired) electrons. The first-order chi connectivity index (χ1) is 36.4. The van der Waals surface area contributed by atoms with Gasteiger partial charge < -0.3 is 19.4 Å². The van der Waals surface area contributed by atoms with E-state index in [4.69, 9.17) is 13.8 Å². The van der Waals surface area contributed by atoms with Crippen LogP contribution in [0.4, 0.5) is 0 Å². The van der Waals surface area contributed by atoms with Crippen LogP contribution in [0.1, 0.15) is 290 Å². The minimum atomic E-state index is -4.46. The normalized spacial score (nSPS) is 14.1. The maximum atomic E-state index is 13.5. The van der Waals surface area contributed by atoms with Crippen LogP contribution in [0.2, 0.25) is 0 Å². The second-order valence-corrected chi connectivity index (χ2v) is 24.0. The number of unbranched alkanes of at least 4 members (excludes halogenated alkanes) is 33. The van der Waals surface area contributed by atoms with Crippen molar-refractivity contribution in [2.24, 2.45) is 0 Å². The molecule has 0 aliphatic rings. The number of esters is 1. The molecule has 0 rings (SSSR count). The molecule has 0 bridgehead atoms. The van der Waals surface area contributed by atoms with Crippen LogP contribution in [-0.4, -0.2) is 74.3 Å². The Morgan fingerprint density at radius 1 is 0.467 bits per heavy atom. The zero-order valence-corrected chi connectivity index (χ0v) is 50.9. The van der Waals surface area contributed by atoms with E-state index in [0.29, 0.717) is 23.9 Å². The predicted octanol–water partition coefficient (Wildman–Crippen LogP) is 19.4. The molecule has 1 amide bonds. The number of ether oxygens (including phenoxy) is 1. The maximum absolute atomic E-state index is 13.5. The smallest absolute Gasteiger partial charge is 0.456 e. The molecule has 0 heterocycles. The van der Waals surface area contributed by atoms with E-state index in [-0.39, 0.29) is 31.5 Å². The molecule has 0 spiro atoms. The van der Waals surface area contributed by atoms with Gasteiger partial charge in [0.05, 0.1) is 33.8 Å². The summed E-state index contributed by atoms with van der Waals surface area (Å²) in [7, 11) is 1.47. The summed E-state index contributed by atoms with van der Waals surface area (Å²) in [6.45, 7) is 6.97. The summed E-state index contributed by atoms with van der Waals surface area (Å²) in [5.74, 6) is -0.562. The third-order valence-corrected chi connectivity index (χ3v) is 14.9. The Bertz CT molecular complexity index is 1470. The molecule has 3 unspecified atom stereocenters. The van der Waals surface area contributed by atoms with Gasteiger partial charge in [-0.2, -0.15) is 0 Å². The third kappa shape index (κ3) is 56.2. The lowest BCUT2D eigenvalue weighted by Crippen LogP contribution is -2.47. The molecule has 10 heteroatoms. The van der Waals surface area contributed by atoms with Crippen LogP contribution in [0.15, 0.2) is 60.8 Å². The van der Waals surface area contributed by atoms with Crippen molar-refractivity contribution >= 4 is 19.7 Å². The molecule has 0 saturated heterocycles. The highest BCUT2D eigenvalue weighted by atomic mass is 31.2. The average Bonchev–Trinajstić information content (AvgIpc) is 3.37. The number of nitrogens with one attached hydrogen (secondary N) is 1. The van der Waals surface area contributed by atoms with Gasteiger partial charge in [-0.3, -0.25) is 18.6 Å². The summed E-state index contributed by atoms with van der Waals surface area (Å²) >= 11 is 0. The van der Waals surface area contributed by atoms with Gasteiger partial charge in [0.25, 0.3) is 0 Å². The predicted molar refractivity (Wildman–Crippen MR) is 323 cm³/mol. The second-order valence-electron chi connectivity index (χ2n) is 22.6.